The standard InChI is InChI=1S/C12H11ClO3/c1-16-11(12(14)15)4-2-3-9-5-7-10(13)8-6-9/h2-8H,1H3,(H,14,15)/b3-2+,11-4-. The third-order valence-corrected chi connectivity index (χ3v) is 2.09. The maximum atomic E-state index is 10.6. The van der Waals surface area contributed by atoms with Gasteiger partial charge in [0.1, 0.15) is 0 Å². The average molecular weight is 239 g/mol. The van der Waals surface area contributed by atoms with Gasteiger partial charge >= 0.3 is 5.97 Å². The molecule has 84 valence electrons. The minimum Gasteiger partial charge on any atom is -0.490 e. The monoisotopic (exact) mass is 238 g/mol. The summed E-state index contributed by atoms with van der Waals surface area (Å²) in [6.45, 7) is 0. The highest BCUT2D eigenvalue weighted by Gasteiger charge is 2.03. The summed E-state index contributed by atoms with van der Waals surface area (Å²) in [4.78, 5) is 10.6. The van der Waals surface area contributed by atoms with Crippen LogP contribution in [-0.4, -0.2) is 18.2 Å². The van der Waals surface area contributed by atoms with Crippen molar-refractivity contribution in [2.75, 3.05) is 7.11 Å². The van der Waals surface area contributed by atoms with Gasteiger partial charge in [-0.3, -0.25) is 0 Å². The number of allylic oxidation sites excluding steroid dienone is 2. The fourth-order valence-electron chi connectivity index (χ4n) is 1.05. The van der Waals surface area contributed by atoms with Crippen molar-refractivity contribution >= 4 is 23.6 Å². The van der Waals surface area contributed by atoms with Crippen LogP contribution in [0, 0.1) is 0 Å². The molecule has 1 rings (SSSR count). The molecule has 4 heteroatoms. The summed E-state index contributed by atoms with van der Waals surface area (Å²) < 4.78 is 4.66. The summed E-state index contributed by atoms with van der Waals surface area (Å²) in [5, 5.41) is 9.32. The number of methoxy groups -OCH3 is 1. The van der Waals surface area contributed by atoms with Gasteiger partial charge in [-0.2, -0.15) is 0 Å². The van der Waals surface area contributed by atoms with E-state index in [0.717, 1.165) is 5.56 Å². The van der Waals surface area contributed by atoms with Crippen LogP contribution in [0.3, 0.4) is 0 Å². The quantitative estimate of drug-likeness (QED) is 0.498. The molecule has 0 heterocycles. The second kappa shape index (κ2) is 5.98. The molecular weight excluding hydrogens is 228 g/mol. The molecule has 1 aromatic carbocycles. The molecule has 3 nitrogen and oxygen atoms in total. The number of hydrogen-bond donors (Lipinski definition) is 1. The molecule has 1 N–H and O–H groups in total. The summed E-state index contributed by atoms with van der Waals surface area (Å²) in [6, 6.07) is 7.19. The van der Waals surface area contributed by atoms with Gasteiger partial charge in [-0.15, -0.1) is 0 Å². The molecule has 0 saturated heterocycles. The van der Waals surface area contributed by atoms with E-state index in [1.807, 2.05) is 12.1 Å². The topological polar surface area (TPSA) is 46.5 Å². The number of carbonyl (C=O) groups is 1. The maximum absolute atomic E-state index is 10.6. The highest BCUT2D eigenvalue weighted by molar-refractivity contribution is 6.30. The van der Waals surface area contributed by atoms with Crippen molar-refractivity contribution in [2.24, 2.45) is 0 Å². The van der Waals surface area contributed by atoms with Gasteiger partial charge in [0.05, 0.1) is 7.11 Å². The van der Waals surface area contributed by atoms with E-state index in [-0.39, 0.29) is 5.76 Å². The first-order valence-corrected chi connectivity index (χ1v) is 4.92. The van der Waals surface area contributed by atoms with Crippen molar-refractivity contribution in [3.8, 4) is 0 Å². The third kappa shape index (κ3) is 3.79. The molecule has 0 radical (unpaired) electrons. The van der Waals surface area contributed by atoms with Crippen LogP contribution in [0.4, 0.5) is 0 Å². The van der Waals surface area contributed by atoms with E-state index in [1.165, 1.54) is 13.2 Å². The molecule has 16 heavy (non-hydrogen) atoms. The van der Waals surface area contributed by atoms with Gasteiger partial charge in [-0.25, -0.2) is 4.79 Å². The first-order chi connectivity index (χ1) is 7.63. The first kappa shape index (κ1) is 12.3. The molecule has 0 aliphatic heterocycles. The minimum atomic E-state index is -1.09. The number of carboxylic acids is 1. The van der Waals surface area contributed by atoms with E-state index in [4.69, 9.17) is 16.7 Å². The molecule has 0 aliphatic rings. The number of ether oxygens (including phenoxy) is 1. The second-order valence-corrected chi connectivity index (χ2v) is 3.39. The molecule has 0 saturated carbocycles. The Hall–Kier alpha value is -1.74. The summed E-state index contributed by atoms with van der Waals surface area (Å²) >= 11 is 5.73. The van der Waals surface area contributed by atoms with Crippen LogP contribution in [0.25, 0.3) is 6.08 Å². The summed E-state index contributed by atoms with van der Waals surface area (Å²) in [7, 11) is 1.32. The number of carboxylic acid groups (broad SMARTS) is 1. The van der Waals surface area contributed by atoms with Crippen LogP contribution < -0.4 is 0 Å². The van der Waals surface area contributed by atoms with Crippen LogP contribution in [0.2, 0.25) is 5.02 Å². The highest BCUT2D eigenvalue weighted by Crippen LogP contribution is 2.10. The van der Waals surface area contributed by atoms with Gasteiger partial charge in [-0.05, 0) is 23.8 Å². The van der Waals surface area contributed by atoms with E-state index in [9.17, 15) is 4.79 Å². The first-order valence-electron chi connectivity index (χ1n) is 4.54. The van der Waals surface area contributed by atoms with E-state index < -0.39 is 5.97 Å². The molecule has 0 unspecified atom stereocenters. The summed E-state index contributed by atoms with van der Waals surface area (Å²) in [5.41, 5.74) is 0.932. The largest absolute Gasteiger partial charge is 0.490 e. The number of aliphatic carboxylic acids is 1. The fourth-order valence-corrected chi connectivity index (χ4v) is 1.17. The Balaban J connectivity index is 2.74. The molecule has 0 atom stereocenters. The highest BCUT2D eigenvalue weighted by atomic mass is 35.5. The van der Waals surface area contributed by atoms with Crippen molar-refractivity contribution in [3.63, 3.8) is 0 Å². The Morgan fingerprint density at radius 3 is 2.50 bits per heavy atom. The van der Waals surface area contributed by atoms with Crippen LogP contribution >= 0.6 is 11.6 Å². The number of halogens is 1. The Morgan fingerprint density at radius 2 is 2.00 bits per heavy atom. The molecule has 0 amide bonds. The SMILES string of the molecule is CO/C(=C\C=C\c1ccc(Cl)cc1)C(=O)O. The van der Waals surface area contributed by atoms with Crippen LogP contribution in [0.5, 0.6) is 0 Å². The zero-order valence-corrected chi connectivity index (χ0v) is 9.44. The zero-order chi connectivity index (χ0) is 12.0. The van der Waals surface area contributed by atoms with E-state index in [2.05, 4.69) is 4.74 Å². The normalized spacial score (nSPS) is 11.8. The van der Waals surface area contributed by atoms with Gasteiger partial charge in [0.25, 0.3) is 0 Å². The van der Waals surface area contributed by atoms with Crippen LogP contribution in [0.1, 0.15) is 5.56 Å². The molecule has 0 bridgehead atoms. The van der Waals surface area contributed by atoms with Crippen molar-refractivity contribution in [1.29, 1.82) is 0 Å². The molecule has 0 spiro atoms. The Morgan fingerprint density at radius 1 is 1.38 bits per heavy atom. The summed E-state index contributed by atoms with van der Waals surface area (Å²) in [5.74, 6) is -1.20. The molecular formula is C12H11ClO3. The predicted octanol–water partition coefficient (Wildman–Crippen LogP) is 2.97. The lowest BCUT2D eigenvalue weighted by Gasteiger charge is -1.97. The third-order valence-electron chi connectivity index (χ3n) is 1.84. The zero-order valence-electron chi connectivity index (χ0n) is 8.68. The van der Waals surface area contributed by atoms with Crippen molar-refractivity contribution in [3.05, 3.63) is 52.8 Å². The number of hydrogen-bond acceptors (Lipinski definition) is 2. The van der Waals surface area contributed by atoms with Crippen molar-refractivity contribution in [2.45, 2.75) is 0 Å². The van der Waals surface area contributed by atoms with Gasteiger partial charge in [0, 0.05) is 5.02 Å². The molecule has 1 aromatic rings. The van der Waals surface area contributed by atoms with Gasteiger partial charge in [0.2, 0.25) is 5.76 Å². The molecule has 0 aromatic heterocycles. The molecule has 0 fully saturated rings. The van der Waals surface area contributed by atoms with Gasteiger partial charge in [0.15, 0.2) is 0 Å². The van der Waals surface area contributed by atoms with Gasteiger partial charge in [-0.1, -0.05) is 35.9 Å². The number of benzene rings is 1. The van der Waals surface area contributed by atoms with E-state index in [1.54, 1.807) is 24.3 Å². The van der Waals surface area contributed by atoms with Crippen LogP contribution in [0.15, 0.2) is 42.2 Å². The maximum Gasteiger partial charge on any atom is 0.371 e. The van der Waals surface area contributed by atoms with Crippen molar-refractivity contribution in [1.82, 2.24) is 0 Å². The van der Waals surface area contributed by atoms with Crippen molar-refractivity contribution < 1.29 is 14.6 Å². The van der Waals surface area contributed by atoms with Gasteiger partial charge < -0.3 is 9.84 Å². The van der Waals surface area contributed by atoms with E-state index >= 15 is 0 Å². The fraction of sp³-hybridized carbons (Fsp3) is 0.0833. The predicted molar refractivity (Wildman–Crippen MR) is 63.2 cm³/mol. The average Bonchev–Trinajstić information content (AvgIpc) is 2.26. The number of rotatable bonds is 4. The Kier molecular flexibility index (Phi) is 4.61. The second-order valence-electron chi connectivity index (χ2n) is 2.95. The Bertz CT molecular complexity index is 418. The summed E-state index contributed by atoms with van der Waals surface area (Å²) in [6.07, 6.45) is 4.76. The lowest BCUT2D eigenvalue weighted by Crippen LogP contribution is -2.01. The van der Waals surface area contributed by atoms with Crippen LogP contribution in [-0.2, 0) is 9.53 Å². The minimum absolute atomic E-state index is 0.106. The lowest BCUT2D eigenvalue weighted by molar-refractivity contribution is -0.136. The smallest absolute Gasteiger partial charge is 0.371 e. The molecule has 0 aliphatic carbocycles. The van der Waals surface area contributed by atoms with E-state index in [0.29, 0.717) is 5.02 Å². The Labute approximate surface area is 98.6 Å². The lowest BCUT2D eigenvalue weighted by atomic mass is 10.2.